The van der Waals surface area contributed by atoms with Crippen molar-refractivity contribution >= 4 is 17.4 Å². The summed E-state index contributed by atoms with van der Waals surface area (Å²) in [5, 5.41) is 10.9. The summed E-state index contributed by atoms with van der Waals surface area (Å²) in [5.74, 6) is 1.47. The molecule has 0 amide bonds. The van der Waals surface area contributed by atoms with Gasteiger partial charge in [-0.15, -0.1) is 0 Å². The molecule has 1 fully saturated rings. The summed E-state index contributed by atoms with van der Waals surface area (Å²) in [6.45, 7) is 3.92. The number of β-amino-alcohol motifs (C(OH)–C–C–N with tert-alkyl or cyclic N) is 1. The third kappa shape index (κ3) is 5.96. The van der Waals surface area contributed by atoms with Gasteiger partial charge in [-0.3, -0.25) is 9.69 Å². The number of ether oxygens (including phenoxy) is 2. The minimum atomic E-state index is -0.591. The monoisotopic (exact) mass is 389 g/mol. The molecule has 1 heterocycles. The van der Waals surface area contributed by atoms with Gasteiger partial charge in [0.05, 0.1) is 0 Å². The van der Waals surface area contributed by atoms with Crippen molar-refractivity contribution in [3.05, 3.63) is 59.1 Å². The summed E-state index contributed by atoms with van der Waals surface area (Å²) >= 11 is 5.89. The Kier molecular flexibility index (Phi) is 6.72. The molecular weight excluding hydrogens is 366 g/mol. The highest BCUT2D eigenvalue weighted by atomic mass is 35.5. The van der Waals surface area contributed by atoms with Crippen LogP contribution in [0.3, 0.4) is 0 Å². The number of likely N-dealkylation sites (tertiary alicyclic amines) is 1. The van der Waals surface area contributed by atoms with Gasteiger partial charge in [-0.05, 0) is 61.9 Å². The molecule has 2 aromatic rings. The Balaban J connectivity index is 1.40. The molecule has 3 rings (SSSR count). The molecule has 6 heteroatoms. The van der Waals surface area contributed by atoms with Crippen LogP contribution in [0.15, 0.2) is 48.5 Å². The summed E-state index contributed by atoms with van der Waals surface area (Å²) < 4.78 is 11.6. The molecule has 1 aliphatic heterocycles. The van der Waals surface area contributed by atoms with E-state index in [0.29, 0.717) is 22.9 Å². The lowest BCUT2D eigenvalue weighted by Crippen LogP contribution is -2.35. The van der Waals surface area contributed by atoms with Crippen LogP contribution in [0.2, 0.25) is 5.02 Å². The van der Waals surface area contributed by atoms with E-state index in [4.69, 9.17) is 21.1 Å². The number of halogens is 1. The minimum absolute atomic E-state index is 0.0194. The van der Waals surface area contributed by atoms with Gasteiger partial charge in [-0.1, -0.05) is 11.6 Å². The first kappa shape index (κ1) is 19.7. The maximum Gasteiger partial charge on any atom is 0.159 e. The topological polar surface area (TPSA) is 59.0 Å². The summed E-state index contributed by atoms with van der Waals surface area (Å²) in [7, 11) is 0. The van der Waals surface area contributed by atoms with Gasteiger partial charge < -0.3 is 14.6 Å². The first-order chi connectivity index (χ1) is 13.0. The first-order valence-corrected chi connectivity index (χ1v) is 9.44. The summed E-state index contributed by atoms with van der Waals surface area (Å²) in [6.07, 6.45) is 0.438. The highest BCUT2D eigenvalue weighted by Gasteiger charge is 2.25. The van der Waals surface area contributed by atoms with Crippen molar-refractivity contribution in [2.45, 2.75) is 25.6 Å². The second-order valence-electron chi connectivity index (χ2n) is 6.79. The zero-order chi connectivity index (χ0) is 19.2. The molecule has 2 aromatic carbocycles. The van der Waals surface area contributed by atoms with Gasteiger partial charge in [0, 0.05) is 30.2 Å². The number of aliphatic hydroxyl groups excluding tert-OH is 1. The SMILES string of the molecule is CC(=O)c1ccc(OCC(O)CN2CCC(Oc3ccc(Cl)cc3)C2)cc1. The predicted octanol–water partition coefficient (Wildman–Crippen LogP) is 3.44. The van der Waals surface area contributed by atoms with Crippen LogP contribution in [0.1, 0.15) is 23.7 Å². The van der Waals surface area contributed by atoms with E-state index in [0.717, 1.165) is 25.3 Å². The number of nitrogens with zero attached hydrogens (tertiary/aromatic N) is 1. The average molecular weight is 390 g/mol. The zero-order valence-electron chi connectivity index (χ0n) is 15.3. The van der Waals surface area contributed by atoms with Gasteiger partial charge in [-0.2, -0.15) is 0 Å². The van der Waals surface area contributed by atoms with E-state index < -0.39 is 6.10 Å². The fraction of sp³-hybridized carbons (Fsp3) is 0.381. The number of ketones is 1. The van der Waals surface area contributed by atoms with Crippen LogP contribution in [0, 0.1) is 0 Å². The molecule has 1 saturated heterocycles. The van der Waals surface area contributed by atoms with Crippen molar-refractivity contribution in [1.29, 1.82) is 0 Å². The van der Waals surface area contributed by atoms with Crippen LogP contribution in [-0.4, -0.2) is 54.2 Å². The normalized spacial score (nSPS) is 18.3. The molecule has 0 aliphatic carbocycles. The van der Waals surface area contributed by atoms with Crippen molar-refractivity contribution in [2.75, 3.05) is 26.2 Å². The molecule has 2 atom stereocenters. The van der Waals surface area contributed by atoms with Gasteiger partial charge in [0.15, 0.2) is 5.78 Å². The van der Waals surface area contributed by atoms with E-state index in [1.807, 2.05) is 24.3 Å². The van der Waals surface area contributed by atoms with Gasteiger partial charge in [-0.25, -0.2) is 0 Å². The number of hydrogen-bond donors (Lipinski definition) is 1. The van der Waals surface area contributed by atoms with Crippen molar-refractivity contribution < 1.29 is 19.4 Å². The van der Waals surface area contributed by atoms with Crippen LogP contribution in [-0.2, 0) is 0 Å². The Bertz CT molecular complexity index is 748. The van der Waals surface area contributed by atoms with Crippen molar-refractivity contribution in [2.24, 2.45) is 0 Å². The van der Waals surface area contributed by atoms with Crippen molar-refractivity contribution in [3.63, 3.8) is 0 Å². The lowest BCUT2D eigenvalue weighted by Gasteiger charge is -2.20. The molecule has 0 saturated carbocycles. The Morgan fingerprint density at radius 3 is 2.52 bits per heavy atom. The highest BCUT2D eigenvalue weighted by molar-refractivity contribution is 6.30. The third-order valence-corrected chi connectivity index (χ3v) is 4.77. The molecule has 1 N–H and O–H groups in total. The molecule has 144 valence electrons. The van der Waals surface area contributed by atoms with E-state index in [9.17, 15) is 9.90 Å². The highest BCUT2D eigenvalue weighted by Crippen LogP contribution is 2.21. The Hall–Kier alpha value is -2.08. The number of aliphatic hydroxyl groups is 1. The Morgan fingerprint density at radius 2 is 1.85 bits per heavy atom. The molecule has 0 aromatic heterocycles. The smallest absolute Gasteiger partial charge is 0.159 e. The van der Waals surface area contributed by atoms with Crippen molar-refractivity contribution in [3.8, 4) is 11.5 Å². The lowest BCUT2D eigenvalue weighted by molar-refractivity contribution is 0.0720. The van der Waals surface area contributed by atoms with E-state index in [1.54, 1.807) is 24.3 Å². The maximum absolute atomic E-state index is 11.3. The minimum Gasteiger partial charge on any atom is -0.491 e. The van der Waals surface area contributed by atoms with Crippen LogP contribution in [0.5, 0.6) is 11.5 Å². The number of Topliss-reactive ketones (excluding diaryl/α,β-unsaturated/α-hetero) is 1. The maximum atomic E-state index is 11.3. The molecule has 27 heavy (non-hydrogen) atoms. The standard InChI is InChI=1S/C21H24ClNO4/c1-15(24)16-2-6-19(7-3-16)26-14-18(25)12-23-11-10-21(13-23)27-20-8-4-17(22)5-9-20/h2-9,18,21,25H,10-14H2,1H3. The van der Waals surface area contributed by atoms with Crippen LogP contribution < -0.4 is 9.47 Å². The summed E-state index contributed by atoms with van der Waals surface area (Å²) in [4.78, 5) is 13.4. The third-order valence-electron chi connectivity index (χ3n) is 4.52. The van der Waals surface area contributed by atoms with Crippen molar-refractivity contribution in [1.82, 2.24) is 4.90 Å². The van der Waals surface area contributed by atoms with Crippen LogP contribution in [0.4, 0.5) is 0 Å². The molecule has 0 radical (unpaired) electrons. The summed E-state index contributed by atoms with van der Waals surface area (Å²) in [5.41, 5.74) is 0.645. The lowest BCUT2D eigenvalue weighted by atomic mass is 10.1. The summed E-state index contributed by atoms with van der Waals surface area (Å²) in [6, 6.07) is 14.3. The fourth-order valence-corrected chi connectivity index (χ4v) is 3.22. The van der Waals surface area contributed by atoms with Crippen LogP contribution in [0.25, 0.3) is 0 Å². The number of rotatable bonds is 8. The predicted molar refractivity (Wildman–Crippen MR) is 105 cm³/mol. The number of hydrogen-bond acceptors (Lipinski definition) is 5. The molecule has 2 unspecified atom stereocenters. The van der Waals surface area contributed by atoms with E-state index in [2.05, 4.69) is 4.90 Å². The van der Waals surface area contributed by atoms with E-state index >= 15 is 0 Å². The molecular formula is C21H24ClNO4. The fourth-order valence-electron chi connectivity index (χ4n) is 3.09. The molecule has 5 nitrogen and oxygen atoms in total. The molecule has 0 bridgehead atoms. The van der Waals surface area contributed by atoms with E-state index in [1.165, 1.54) is 6.92 Å². The molecule has 1 aliphatic rings. The Morgan fingerprint density at radius 1 is 1.19 bits per heavy atom. The average Bonchev–Trinajstić information content (AvgIpc) is 3.09. The number of benzene rings is 2. The van der Waals surface area contributed by atoms with Gasteiger partial charge in [0.25, 0.3) is 0 Å². The number of carbonyl (C=O) groups is 1. The Labute approximate surface area is 164 Å². The largest absolute Gasteiger partial charge is 0.491 e. The van der Waals surface area contributed by atoms with Gasteiger partial charge in [0.2, 0.25) is 0 Å². The number of carbonyl (C=O) groups excluding carboxylic acids is 1. The van der Waals surface area contributed by atoms with Gasteiger partial charge >= 0.3 is 0 Å². The molecule has 0 spiro atoms. The first-order valence-electron chi connectivity index (χ1n) is 9.06. The second-order valence-corrected chi connectivity index (χ2v) is 7.22. The second kappa shape index (κ2) is 9.22. The van der Waals surface area contributed by atoms with E-state index in [-0.39, 0.29) is 18.5 Å². The zero-order valence-corrected chi connectivity index (χ0v) is 16.1. The van der Waals surface area contributed by atoms with Gasteiger partial charge in [0.1, 0.15) is 30.3 Å². The quantitative estimate of drug-likeness (QED) is 0.701. The van der Waals surface area contributed by atoms with Crippen LogP contribution >= 0.6 is 11.6 Å².